The number of aryl methyl sites for hydroxylation is 1. The highest BCUT2D eigenvalue weighted by molar-refractivity contribution is 7.92. The van der Waals surface area contributed by atoms with Crippen LogP contribution in [-0.4, -0.2) is 31.0 Å². The smallest absolute Gasteiger partial charge is 0.234 e. The predicted octanol–water partition coefficient (Wildman–Crippen LogP) is 4.71. The van der Waals surface area contributed by atoms with Gasteiger partial charge in [0, 0.05) is 22.8 Å². The van der Waals surface area contributed by atoms with E-state index in [1.807, 2.05) is 0 Å². The second-order valence-corrected chi connectivity index (χ2v) is 12.5. The largest absolute Gasteiger partial charge is 0.244 e. The molecule has 2 aromatic carbocycles. The van der Waals surface area contributed by atoms with Crippen molar-refractivity contribution < 1.29 is 21.2 Å². The van der Waals surface area contributed by atoms with Crippen LogP contribution >= 0.6 is 0 Å². The molecule has 0 unspecified atom stereocenters. The minimum absolute atomic E-state index is 0.00708. The lowest BCUT2D eigenvalue weighted by Gasteiger charge is -2.13. The fraction of sp³-hybridized carbons (Fsp3) is 0.208. The first kappa shape index (κ1) is 23.1. The molecule has 4 rings (SSSR count). The van der Waals surface area contributed by atoms with Crippen LogP contribution in [0.3, 0.4) is 0 Å². The van der Waals surface area contributed by atoms with Gasteiger partial charge in [-0.05, 0) is 62.2 Å². The van der Waals surface area contributed by atoms with E-state index in [1.54, 1.807) is 63.2 Å². The Morgan fingerprint density at radius 2 is 1.64 bits per heavy atom. The van der Waals surface area contributed by atoms with E-state index in [0.29, 0.717) is 22.2 Å². The monoisotopic (exact) mass is 486 g/mol. The van der Waals surface area contributed by atoms with Crippen molar-refractivity contribution in [2.45, 2.75) is 36.7 Å². The van der Waals surface area contributed by atoms with Crippen LogP contribution in [0.5, 0.6) is 0 Å². The third-order valence-corrected chi connectivity index (χ3v) is 9.16. The Labute approximate surface area is 192 Å². The molecule has 0 N–H and O–H groups in total. The highest BCUT2D eigenvalue weighted by Crippen LogP contribution is 2.34. The maximum absolute atomic E-state index is 14.9. The number of pyridine rings is 1. The van der Waals surface area contributed by atoms with Crippen LogP contribution in [0.1, 0.15) is 25.1 Å². The van der Waals surface area contributed by atoms with Crippen molar-refractivity contribution in [3.05, 3.63) is 83.9 Å². The van der Waals surface area contributed by atoms with Crippen molar-refractivity contribution in [3.63, 3.8) is 0 Å². The Hall–Kier alpha value is -3.04. The number of rotatable bonds is 6. The highest BCUT2D eigenvalue weighted by Gasteiger charge is 2.24. The maximum Gasteiger partial charge on any atom is 0.244 e. The summed E-state index contributed by atoms with van der Waals surface area (Å²) in [5.74, 6) is -0.830. The number of aromatic nitrogens is 2. The van der Waals surface area contributed by atoms with Gasteiger partial charge in [0.25, 0.3) is 0 Å². The van der Waals surface area contributed by atoms with E-state index >= 15 is 0 Å². The van der Waals surface area contributed by atoms with Gasteiger partial charge in [0.15, 0.2) is 15.5 Å². The zero-order valence-corrected chi connectivity index (χ0v) is 20.0. The topological polar surface area (TPSA) is 86.1 Å². The van der Waals surface area contributed by atoms with Crippen LogP contribution in [-0.2, 0) is 25.6 Å². The Balaban J connectivity index is 1.90. The minimum atomic E-state index is -3.80. The Kier molecular flexibility index (Phi) is 5.88. The molecule has 2 heterocycles. The van der Waals surface area contributed by atoms with Gasteiger partial charge in [-0.2, -0.15) is 0 Å². The average Bonchev–Trinajstić information content (AvgIpc) is 3.18. The molecule has 0 radical (unpaired) electrons. The number of nitrogens with zero attached hydrogens (tertiary/aromatic N) is 2. The molecule has 0 amide bonds. The summed E-state index contributed by atoms with van der Waals surface area (Å²) in [5.41, 5.74) is 1.72. The molecule has 0 aliphatic rings. The van der Waals surface area contributed by atoms with Gasteiger partial charge in [0.05, 0.1) is 15.9 Å². The maximum atomic E-state index is 14.9. The number of sulfone groups is 1. The Morgan fingerprint density at radius 1 is 0.939 bits per heavy atom. The van der Waals surface area contributed by atoms with Crippen molar-refractivity contribution >= 4 is 30.9 Å². The first-order valence-electron chi connectivity index (χ1n) is 10.3. The zero-order chi connectivity index (χ0) is 24.0. The fourth-order valence-electron chi connectivity index (χ4n) is 3.67. The first-order valence-corrected chi connectivity index (χ1v) is 13.5. The van der Waals surface area contributed by atoms with E-state index in [1.165, 1.54) is 18.3 Å². The quantitative estimate of drug-likeness (QED) is 0.369. The SMILES string of the molecule is Cc1cc(-c2cc(S(=O)(=O)C(C)C)ccc2F)c2ccn(S(=O)(=O)Cc3ccccc3)c2n1. The number of benzene rings is 2. The van der Waals surface area contributed by atoms with Crippen molar-refractivity contribution in [1.82, 2.24) is 8.96 Å². The third kappa shape index (κ3) is 4.30. The summed E-state index contributed by atoms with van der Waals surface area (Å²) in [7, 11) is -7.42. The van der Waals surface area contributed by atoms with E-state index in [9.17, 15) is 21.2 Å². The summed E-state index contributed by atoms with van der Waals surface area (Å²) < 4.78 is 67.6. The predicted molar refractivity (Wildman–Crippen MR) is 127 cm³/mol. The molecular formula is C24H23FN2O4S2. The molecule has 0 aliphatic carbocycles. The van der Waals surface area contributed by atoms with Crippen LogP contribution in [0.2, 0.25) is 0 Å². The van der Waals surface area contributed by atoms with Crippen molar-refractivity contribution in [2.75, 3.05) is 0 Å². The van der Waals surface area contributed by atoms with Gasteiger partial charge in [0.2, 0.25) is 10.0 Å². The number of fused-ring (bicyclic) bond motifs is 1. The van der Waals surface area contributed by atoms with E-state index < -0.39 is 30.9 Å². The van der Waals surface area contributed by atoms with E-state index in [4.69, 9.17) is 0 Å². The molecule has 0 saturated heterocycles. The molecule has 2 aromatic heterocycles. The lowest BCUT2D eigenvalue weighted by molar-refractivity contribution is 0.585. The van der Waals surface area contributed by atoms with Gasteiger partial charge in [-0.25, -0.2) is 30.2 Å². The highest BCUT2D eigenvalue weighted by atomic mass is 32.2. The average molecular weight is 487 g/mol. The molecule has 6 nitrogen and oxygen atoms in total. The van der Waals surface area contributed by atoms with Crippen LogP contribution in [0.25, 0.3) is 22.2 Å². The molecule has 172 valence electrons. The first-order chi connectivity index (χ1) is 15.5. The minimum Gasteiger partial charge on any atom is -0.234 e. The van der Waals surface area contributed by atoms with Crippen LogP contribution in [0.4, 0.5) is 4.39 Å². The standard InChI is InChI=1S/C24H23FN2O4S2/c1-16(2)33(30,31)19-9-10-23(25)22(14-19)21-13-17(3)26-24-20(21)11-12-27(24)32(28,29)15-18-7-5-4-6-8-18/h4-14,16H,15H2,1-3H3. The van der Waals surface area contributed by atoms with Crippen molar-refractivity contribution in [1.29, 1.82) is 0 Å². The molecule has 0 aliphatic heterocycles. The molecular weight excluding hydrogens is 463 g/mol. The summed E-state index contributed by atoms with van der Waals surface area (Å²) in [5, 5.41) is -0.255. The third-order valence-electron chi connectivity index (χ3n) is 5.42. The van der Waals surface area contributed by atoms with Crippen molar-refractivity contribution in [2.24, 2.45) is 0 Å². The van der Waals surface area contributed by atoms with Gasteiger partial charge in [-0.1, -0.05) is 30.3 Å². The van der Waals surface area contributed by atoms with E-state index in [0.717, 1.165) is 10.0 Å². The molecule has 0 bridgehead atoms. The summed E-state index contributed by atoms with van der Waals surface area (Å²) in [4.78, 5) is 4.41. The molecule has 0 atom stereocenters. The van der Waals surface area contributed by atoms with Gasteiger partial charge >= 0.3 is 0 Å². The van der Waals surface area contributed by atoms with Crippen LogP contribution < -0.4 is 0 Å². The molecule has 0 spiro atoms. The number of halogens is 1. The lowest BCUT2D eigenvalue weighted by atomic mass is 10.0. The molecule has 33 heavy (non-hydrogen) atoms. The molecule has 4 aromatic rings. The Morgan fingerprint density at radius 3 is 2.30 bits per heavy atom. The van der Waals surface area contributed by atoms with Gasteiger partial charge in [-0.3, -0.25) is 0 Å². The summed E-state index contributed by atoms with van der Waals surface area (Å²) >= 11 is 0. The Bertz CT molecular complexity index is 1560. The summed E-state index contributed by atoms with van der Waals surface area (Å²) in [6.45, 7) is 4.80. The number of hydrogen-bond donors (Lipinski definition) is 0. The molecule has 0 fully saturated rings. The van der Waals surface area contributed by atoms with Gasteiger partial charge in [0.1, 0.15) is 5.82 Å². The number of hydrogen-bond acceptors (Lipinski definition) is 5. The van der Waals surface area contributed by atoms with Crippen LogP contribution in [0, 0.1) is 12.7 Å². The van der Waals surface area contributed by atoms with E-state index in [-0.39, 0.29) is 21.9 Å². The molecule has 9 heteroatoms. The lowest BCUT2D eigenvalue weighted by Crippen LogP contribution is -2.15. The van der Waals surface area contributed by atoms with Gasteiger partial charge < -0.3 is 0 Å². The second kappa shape index (κ2) is 8.39. The zero-order valence-electron chi connectivity index (χ0n) is 18.4. The summed E-state index contributed by atoms with van der Waals surface area (Å²) in [6.07, 6.45) is 1.39. The van der Waals surface area contributed by atoms with Crippen LogP contribution in [0.15, 0.2) is 71.8 Å². The van der Waals surface area contributed by atoms with E-state index in [2.05, 4.69) is 4.98 Å². The molecule has 0 saturated carbocycles. The normalized spacial score (nSPS) is 12.5. The van der Waals surface area contributed by atoms with Crippen molar-refractivity contribution in [3.8, 4) is 11.1 Å². The fourth-order valence-corrected chi connectivity index (χ4v) is 6.16. The second-order valence-electron chi connectivity index (χ2n) is 8.14. The van der Waals surface area contributed by atoms with Gasteiger partial charge in [-0.15, -0.1) is 0 Å². The summed E-state index contributed by atoms with van der Waals surface area (Å²) in [6, 6.07) is 15.6.